The van der Waals surface area contributed by atoms with Crippen LogP contribution in [0.1, 0.15) is 16.1 Å². The summed E-state index contributed by atoms with van der Waals surface area (Å²) in [6.07, 6.45) is 5.12. The molecule has 0 bridgehead atoms. The first-order chi connectivity index (χ1) is 17.5. The van der Waals surface area contributed by atoms with Gasteiger partial charge in [0.2, 0.25) is 5.78 Å². The van der Waals surface area contributed by atoms with Crippen molar-refractivity contribution in [2.24, 2.45) is 0 Å². The number of ether oxygens (including phenoxy) is 1. The molecule has 5 rings (SSSR count). The fraction of sp³-hybridized carbons (Fsp3) is 0.0345. The largest absolute Gasteiger partial charge is 0.497 e. The first-order valence-corrected chi connectivity index (χ1v) is 11.8. The number of hydrogen-bond donors (Lipinski definition) is 0. The van der Waals surface area contributed by atoms with Crippen LogP contribution in [-0.4, -0.2) is 22.7 Å². The standard InChI is InChI=1S/C29H20Cl2N2O3/c1-35-23-11-7-19(8-12-23)29-21(18-33(32-29)22-5-3-2-4-6-22)10-14-26(34)28-16-15-27(36-28)20-9-13-24(30)25(31)17-20/h2-18H,1H3. The van der Waals surface area contributed by atoms with Gasteiger partial charge < -0.3 is 9.15 Å². The lowest BCUT2D eigenvalue weighted by Gasteiger charge is -2.02. The lowest BCUT2D eigenvalue weighted by Crippen LogP contribution is -1.94. The molecule has 178 valence electrons. The van der Waals surface area contributed by atoms with Crippen LogP contribution in [0.5, 0.6) is 5.75 Å². The molecule has 0 atom stereocenters. The van der Waals surface area contributed by atoms with E-state index < -0.39 is 0 Å². The van der Waals surface area contributed by atoms with Crippen LogP contribution in [-0.2, 0) is 0 Å². The number of hydrogen-bond acceptors (Lipinski definition) is 4. The van der Waals surface area contributed by atoms with Crippen molar-refractivity contribution >= 4 is 35.1 Å². The van der Waals surface area contributed by atoms with E-state index in [2.05, 4.69) is 0 Å². The quantitative estimate of drug-likeness (QED) is 0.163. The molecule has 0 aliphatic rings. The van der Waals surface area contributed by atoms with E-state index in [-0.39, 0.29) is 11.5 Å². The van der Waals surface area contributed by atoms with Gasteiger partial charge in [-0.25, -0.2) is 4.68 Å². The molecule has 5 nitrogen and oxygen atoms in total. The van der Waals surface area contributed by atoms with Gasteiger partial charge in [-0.3, -0.25) is 4.79 Å². The van der Waals surface area contributed by atoms with Crippen molar-refractivity contribution in [1.29, 1.82) is 0 Å². The topological polar surface area (TPSA) is 57.3 Å². The molecule has 7 heteroatoms. The number of rotatable bonds is 7. The highest BCUT2D eigenvalue weighted by atomic mass is 35.5. The second-order valence-corrected chi connectivity index (χ2v) is 8.75. The van der Waals surface area contributed by atoms with Crippen LogP contribution in [0.25, 0.3) is 34.3 Å². The van der Waals surface area contributed by atoms with Crippen molar-refractivity contribution in [3.63, 3.8) is 0 Å². The van der Waals surface area contributed by atoms with Gasteiger partial charge in [-0.1, -0.05) is 41.4 Å². The van der Waals surface area contributed by atoms with Crippen molar-refractivity contribution in [3.05, 3.63) is 119 Å². The van der Waals surface area contributed by atoms with E-state index >= 15 is 0 Å². The number of para-hydroxylation sites is 1. The number of allylic oxidation sites excluding steroid dienone is 1. The van der Waals surface area contributed by atoms with Crippen LogP contribution in [0, 0.1) is 0 Å². The summed E-state index contributed by atoms with van der Waals surface area (Å²) >= 11 is 12.1. The molecule has 0 saturated heterocycles. The number of aromatic nitrogens is 2. The molecule has 0 unspecified atom stereocenters. The maximum absolute atomic E-state index is 12.9. The smallest absolute Gasteiger partial charge is 0.221 e. The van der Waals surface area contributed by atoms with Gasteiger partial charge in [0.05, 0.1) is 28.5 Å². The Labute approximate surface area is 218 Å². The number of carbonyl (C=O) groups excluding carboxylic acids is 1. The summed E-state index contributed by atoms with van der Waals surface area (Å²) in [4.78, 5) is 12.9. The number of carbonyl (C=O) groups is 1. The molecule has 0 N–H and O–H groups in total. The molecule has 0 aliphatic heterocycles. The van der Waals surface area contributed by atoms with Gasteiger partial charge in [-0.15, -0.1) is 0 Å². The summed E-state index contributed by atoms with van der Waals surface area (Å²) in [6, 6.07) is 26.0. The average Bonchev–Trinajstić information content (AvgIpc) is 3.58. The van der Waals surface area contributed by atoms with Gasteiger partial charge >= 0.3 is 0 Å². The summed E-state index contributed by atoms with van der Waals surface area (Å²) in [6.45, 7) is 0. The third-order valence-corrected chi connectivity index (χ3v) is 6.33. The average molecular weight is 515 g/mol. The molecule has 0 saturated carbocycles. The first kappa shape index (κ1) is 23.7. The lowest BCUT2D eigenvalue weighted by molar-refractivity contribution is 0.102. The summed E-state index contributed by atoms with van der Waals surface area (Å²) in [5.74, 6) is 1.23. The highest BCUT2D eigenvalue weighted by Crippen LogP contribution is 2.30. The summed E-state index contributed by atoms with van der Waals surface area (Å²) in [7, 11) is 1.63. The Morgan fingerprint density at radius 1 is 0.917 bits per heavy atom. The van der Waals surface area contributed by atoms with E-state index in [0.717, 1.165) is 33.8 Å². The van der Waals surface area contributed by atoms with Gasteiger partial charge in [0.25, 0.3) is 0 Å². The predicted octanol–water partition coefficient (Wildman–Crippen LogP) is 8.01. The Bertz CT molecular complexity index is 1550. The molecular formula is C29H20Cl2N2O3. The molecule has 36 heavy (non-hydrogen) atoms. The van der Waals surface area contributed by atoms with E-state index in [9.17, 15) is 4.79 Å². The number of methoxy groups -OCH3 is 1. The van der Waals surface area contributed by atoms with Gasteiger partial charge in [-0.2, -0.15) is 5.10 Å². The fourth-order valence-corrected chi connectivity index (χ4v) is 4.02. The van der Waals surface area contributed by atoms with Crippen molar-refractivity contribution in [2.75, 3.05) is 7.11 Å². The minimum atomic E-state index is -0.269. The SMILES string of the molecule is COc1ccc(-c2nn(-c3ccccc3)cc2C=CC(=O)c2ccc(-c3ccc(Cl)c(Cl)c3)o2)cc1. The third kappa shape index (κ3) is 4.98. The minimum absolute atomic E-state index is 0.216. The van der Waals surface area contributed by atoms with Gasteiger partial charge in [0, 0.05) is 22.9 Å². The van der Waals surface area contributed by atoms with Crippen LogP contribution in [0.15, 0.2) is 102 Å². The van der Waals surface area contributed by atoms with Gasteiger partial charge in [0.1, 0.15) is 11.5 Å². The molecule has 0 fully saturated rings. The molecule has 3 aromatic carbocycles. The zero-order chi connectivity index (χ0) is 25.1. The molecule has 0 radical (unpaired) electrons. The number of halogens is 2. The highest BCUT2D eigenvalue weighted by Gasteiger charge is 2.14. The van der Waals surface area contributed by atoms with Crippen molar-refractivity contribution in [1.82, 2.24) is 9.78 Å². The second kappa shape index (κ2) is 10.3. The Morgan fingerprint density at radius 2 is 1.67 bits per heavy atom. The van der Waals surface area contributed by atoms with E-state index in [0.29, 0.717) is 15.8 Å². The predicted molar refractivity (Wildman–Crippen MR) is 143 cm³/mol. The van der Waals surface area contributed by atoms with Crippen LogP contribution in [0.4, 0.5) is 0 Å². The van der Waals surface area contributed by atoms with E-state index in [1.807, 2.05) is 60.8 Å². The Hall–Kier alpha value is -4.06. The Balaban J connectivity index is 1.45. The third-order valence-electron chi connectivity index (χ3n) is 5.59. The maximum Gasteiger partial charge on any atom is 0.221 e. The number of nitrogens with zero attached hydrogens (tertiary/aromatic N) is 2. The van der Waals surface area contributed by atoms with Crippen LogP contribution < -0.4 is 4.74 Å². The lowest BCUT2D eigenvalue weighted by atomic mass is 10.1. The van der Waals surface area contributed by atoms with Crippen LogP contribution in [0.2, 0.25) is 10.0 Å². The van der Waals surface area contributed by atoms with Crippen molar-refractivity contribution in [3.8, 4) is 34.0 Å². The van der Waals surface area contributed by atoms with Crippen LogP contribution in [0.3, 0.4) is 0 Å². The first-order valence-electron chi connectivity index (χ1n) is 11.1. The van der Waals surface area contributed by atoms with E-state index in [1.165, 1.54) is 6.08 Å². The van der Waals surface area contributed by atoms with Crippen LogP contribution >= 0.6 is 23.2 Å². The number of ketones is 1. The molecular weight excluding hydrogens is 495 g/mol. The summed E-state index contributed by atoms with van der Waals surface area (Å²) in [5.41, 5.74) is 4.07. The Morgan fingerprint density at radius 3 is 2.39 bits per heavy atom. The molecule has 2 aromatic heterocycles. The molecule has 0 amide bonds. The monoisotopic (exact) mass is 514 g/mol. The zero-order valence-corrected chi connectivity index (χ0v) is 20.7. The summed E-state index contributed by atoms with van der Waals surface area (Å²) < 4.78 is 12.9. The Kier molecular flexibility index (Phi) is 6.76. The molecule has 2 heterocycles. The zero-order valence-electron chi connectivity index (χ0n) is 19.2. The number of benzene rings is 3. The van der Waals surface area contributed by atoms with E-state index in [1.54, 1.807) is 48.2 Å². The number of furan rings is 1. The normalized spacial score (nSPS) is 11.2. The van der Waals surface area contributed by atoms with Gasteiger partial charge in [0.15, 0.2) is 5.76 Å². The molecule has 5 aromatic rings. The van der Waals surface area contributed by atoms with Crippen molar-refractivity contribution < 1.29 is 13.9 Å². The van der Waals surface area contributed by atoms with Crippen molar-refractivity contribution in [2.45, 2.75) is 0 Å². The minimum Gasteiger partial charge on any atom is -0.497 e. The highest BCUT2D eigenvalue weighted by molar-refractivity contribution is 6.42. The second-order valence-electron chi connectivity index (χ2n) is 7.93. The fourth-order valence-electron chi connectivity index (χ4n) is 3.72. The molecule has 0 aliphatic carbocycles. The molecule has 0 spiro atoms. The van der Waals surface area contributed by atoms with E-state index in [4.69, 9.17) is 37.5 Å². The summed E-state index contributed by atoms with van der Waals surface area (Å²) in [5, 5.41) is 5.65. The van der Waals surface area contributed by atoms with Gasteiger partial charge in [-0.05, 0) is 78.9 Å². The maximum atomic E-state index is 12.9.